The van der Waals surface area contributed by atoms with Crippen molar-refractivity contribution in [2.45, 2.75) is 51.5 Å². The summed E-state index contributed by atoms with van der Waals surface area (Å²) in [5.74, 6) is 0.290. The average molecular weight is 342 g/mol. The molecule has 0 unspecified atom stereocenters. The first-order valence-corrected chi connectivity index (χ1v) is 9.43. The number of amides is 1. The Hall–Kier alpha value is -1.41. The van der Waals surface area contributed by atoms with Crippen LogP contribution < -0.4 is 4.72 Å². The summed E-state index contributed by atoms with van der Waals surface area (Å²) in [6.07, 6.45) is 2.07. The van der Waals surface area contributed by atoms with E-state index in [1.165, 1.54) is 4.68 Å². The Kier molecular flexibility index (Phi) is 5.15. The van der Waals surface area contributed by atoms with E-state index in [1.54, 1.807) is 32.7 Å². The number of hydrogen-bond acceptors (Lipinski definition) is 4. The monoisotopic (exact) mass is 342 g/mol. The van der Waals surface area contributed by atoms with Crippen LogP contribution in [0.3, 0.4) is 0 Å². The molecule has 0 aromatic carbocycles. The molecule has 2 heterocycles. The van der Waals surface area contributed by atoms with Crippen LogP contribution in [0.15, 0.2) is 4.90 Å². The standard InChI is InChI=1S/C15H26N4O3S/c1-10-7-6-8-19(9-10)15(20)12(3)17-23(21,22)14-11(2)16-18(5)13(14)4/h10,12,17H,6-9H2,1-5H3/t10-,12+/m0/s1. The molecule has 7 nitrogen and oxygen atoms in total. The molecular formula is C15H26N4O3S. The van der Waals surface area contributed by atoms with Gasteiger partial charge in [0, 0.05) is 20.1 Å². The minimum absolute atomic E-state index is 0.159. The van der Waals surface area contributed by atoms with Gasteiger partial charge in [0.15, 0.2) is 0 Å². The van der Waals surface area contributed by atoms with E-state index in [0.717, 1.165) is 12.8 Å². The highest BCUT2D eigenvalue weighted by molar-refractivity contribution is 7.89. The van der Waals surface area contributed by atoms with Gasteiger partial charge in [-0.05, 0) is 39.5 Å². The number of nitrogens with zero attached hydrogens (tertiary/aromatic N) is 3. The second-order valence-electron chi connectivity index (χ2n) is 6.50. The molecule has 8 heteroatoms. The van der Waals surface area contributed by atoms with Crippen molar-refractivity contribution in [3.05, 3.63) is 11.4 Å². The summed E-state index contributed by atoms with van der Waals surface area (Å²) in [5.41, 5.74) is 0.991. The zero-order valence-corrected chi connectivity index (χ0v) is 15.3. The number of nitrogens with one attached hydrogen (secondary N) is 1. The molecule has 1 aromatic heterocycles. The molecular weight excluding hydrogens is 316 g/mol. The van der Waals surface area contributed by atoms with E-state index in [4.69, 9.17) is 0 Å². The molecule has 0 radical (unpaired) electrons. The summed E-state index contributed by atoms with van der Waals surface area (Å²) >= 11 is 0. The first-order chi connectivity index (χ1) is 10.6. The van der Waals surface area contributed by atoms with Crippen LogP contribution in [0, 0.1) is 19.8 Å². The predicted molar refractivity (Wildman–Crippen MR) is 87.4 cm³/mol. The van der Waals surface area contributed by atoms with E-state index in [-0.39, 0.29) is 10.8 Å². The summed E-state index contributed by atoms with van der Waals surface area (Å²) in [5, 5.41) is 4.13. The van der Waals surface area contributed by atoms with Gasteiger partial charge in [-0.25, -0.2) is 8.42 Å². The molecule has 1 aliphatic heterocycles. The smallest absolute Gasteiger partial charge is 0.244 e. The summed E-state index contributed by atoms with van der Waals surface area (Å²) in [6.45, 7) is 8.45. The van der Waals surface area contributed by atoms with Crippen LogP contribution in [0.4, 0.5) is 0 Å². The van der Waals surface area contributed by atoms with Crippen LogP contribution in [-0.4, -0.2) is 48.1 Å². The first-order valence-electron chi connectivity index (χ1n) is 7.94. The van der Waals surface area contributed by atoms with Gasteiger partial charge in [0.25, 0.3) is 0 Å². The number of carbonyl (C=O) groups excluding carboxylic acids is 1. The molecule has 1 fully saturated rings. The van der Waals surface area contributed by atoms with Crippen LogP contribution in [-0.2, 0) is 21.9 Å². The number of sulfonamides is 1. The van der Waals surface area contributed by atoms with Crippen molar-refractivity contribution in [2.24, 2.45) is 13.0 Å². The Morgan fingerprint density at radius 3 is 2.57 bits per heavy atom. The molecule has 2 rings (SSSR count). The summed E-state index contributed by atoms with van der Waals surface area (Å²) in [4.78, 5) is 14.4. The Labute approximate surface area is 138 Å². The summed E-state index contributed by atoms with van der Waals surface area (Å²) < 4.78 is 29.3. The van der Waals surface area contributed by atoms with Crippen LogP contribution in [0.5, 0.6) is 0 Å². The third kappa shape index (κ3) is 3.74. The maximum atomic E-state index is 12.6. The van der Waals surface area contributed by atoms with E-state index < -0.39 is 16.1 Å². The van der Waals surface area contributed by atoms with Gasteiger partial charge in [0.1, 0.15) is 4.90 Å². The number of aromatic nitrogens is 2. The Morgan fingerprint density at radius 2 is 2.04 bits per heavy atom. The van der Waals surface area contributed by atoms with Crippen molar-refractivity contribution in [1.29, 1.82) is 0 Å². The molecule has 1 aliphatic rings. The lowest BCUT2D eigenvalue weighted by atomic mass is 10.00. The quantitative estimate of drug-likeness (QED) is 0.883. The highest BCUT2D eigenvalue weighted by Crippen LogP contribution is 2.20. The second-order valence-corrected chi connectivity index (χ2v) is 8.15. The summed E-state index contributed by atoms with van der Waals surface area (Å²) in [7, 11) is -2.08. The number of hydrogen-bond donors (Lipinski definition) is 1. The first kappa shape index (κ1) is 17.9. The Bertz CT molecular complexity index is 696. The van der Waals surface area contributed by atoms with Crippen LogP contribution in [0.2, 0.25) is 0 Å². The zero-order chi connectivity index (χ0) is 17.4. The number of rotatable bonds is 4. The Morgan fingerprint density at radius 1 is 1.39 bits per heavy atom. The molecule has 130 valence electrons. The topological polar surface area (TPSA) is 84.3 Å². The minimum Gasteiger partial charge on any atom is -0.341 e. The lowest BCUT2D eigenvalue weighted by molar-refractivity contribution is -0.134. The lowest BCUT2D eigenvalue weighted by Crippen LogP contribution is -2.49. The fraction of sp³-hybridized carbons (Fsp3) is 0.733. The number of likely N-dealkylation sites (tertiary alicyclic amines) is 1. The molecule has 1 amide bonds. The van der Waals surface area contributed by atoms with Gasteiger partial charge in [-0.1, -0.05) is 6.92 Å². The second kappa shape index (κ2) is 6.60. The maximum absolute atomic E-state index is 12.6. The zero-order valence-electron chi connectivity index (χ0n) is 14.5. The maximum Gasteiger partial charge on any atom is 0.244 e. The molecule has 0 saturated carbocycles. The van der Waals surface area contributed by atoms with Gasteiger partial charge in [-0.15, -0.1) is 0 Å². The molecule has 0 bridgehead atoms. The van der Waals surface area contributed by atoms with Crippen molar-refractivity contribution < 1.29 is 13.2 Å². The number of aryl methyl sites for hydroxylation is 2. The van der Waals surface area contributed by atoms with E-state index in [1.807, 2.05) is 0 Å². The van der Waals surface area contributed by atoms with Crippen molar-refractivity contribution in [2.75, 3.05) is 13.1 Å². The largest absolute Gasteiger partial charge is 0.341 e. The van der Waals surface area contributed by atoms with Crippen LogP contribution in [0.1, 0.15) is 38.1 Å². The molecule has 1 aromatic rings. The highest BCUT2D eigenvalue weighted by atomic mass is 32.2. The molecule has 23 heavy (non-hydrogen) atoms. The van der Waals surface area contributed by atoms with Crippen molar-refractivity contribution in [3.63, 3.8) is 0 Å². The van der Waals surface area contributed by atoms with E-state index in [0.29, 0.717) is 30.4 Å². The third-order valence-corrected chi connectivity index (χ3v) is 6.17. The van der Waals surface area contributed by atoms with Gasteiger partial charge >= 0.3 is 0 Å². The normalized spacial score (nSPS) is 20.6. The highest BCUT2D eigenvalue weighted by Gasteiger charge is 2.31. The van der Waals surface area contributed by atoms with E-state index in [9.17, 15) is 13.2 Å². The van der Waals surface area contributed by atoms with E-state index >= 15 is 0 Å². The number of carbonyl (C=O) groups is 1. The van der Waals surface area contributed by atoms with Gasteiger partial charge in [0.05, 0.1) is 17.4 Å². The fourth-order valence-corrected chi connectivity index (χ4v) is 4.78. The molecule has 0 aliphatic carbocycles. The van der Waals surface area contributed by atoms with Gasteiger partial charge in [-0.2, -0.15) is 9.82 Å². The molecule has 1 saturated heterocycles. The number of piperidine rings is 1. The van der Waals surface area contributed by atoms with E-state index in [2.05, 4.69) is 16.7 Å². The fourth-order valence-electron chi connectivity index (χ4n) is 3.15. The van der Waals surface area contributed by atoms with Gasteiger partial charge in [0.2, 0.25) is 15.9 Å². The Balaban J connectivity index is 2.15. The third-order valence-electron chi connectivity index (χ3n) is 4.38. The van der Waals surface area contributed by atoms with Crippen LogP contribution in [0.25, 0.3) is 0 Å². The average Bonchev–Trinajstić information content (AvgIpc) is 2.71. The predicted octanol–water partition coefficient (Wildman–Crippen LogP) is 0.962. The van der Waals surface area contributed by atoms with Crippen molar-refractivity contribution in [1.82, 2.24) is 19.4 Å². The summed E-state index contributed by atoms with van der Waals surface area (Å²) in [6, 6.07) is -0.788. The minimum atomic E-state index is -3.78. The van der Waals surface area contributed by atoms with Crippen LogP contribution >= 0.6 is 0 Å². The van der Waals surface area contributed by atoms with Gasteiger partial charge in [-0.3, -0.25) is 9.48 Å². The van der Waals surface area contributed by atoms with Crippen molar-refractivity contribution >= 4 is 15.9 Å². The molecule has 1 N–H and O–H groups in total. The SMILES string of the molecule is Cc1nn(C)c(C)c1S(=O)(=O)N[C@H](C)C(=O)N1CCC[C@H](C)C1. The lowest BCUT2D eigenvalue weighted by Gasteiger charge is -2.32. The molecule has 0 spiro atoms. The van der Waals surface area contributed by atoms with Gasteiger partial charge < -0.3 is 4.90 Å². The molecule has 2 atom stereocenters. The van der Waals surface area contributed by atoms with Crippen molar-refractivity contribution in [3.8, 4) is 0 Å².